The first-order valence-electron chi connectivity index (χ1n) is 5.10. The molecule has 0 saturated carbocycles. The van der Waals surface area contributed by atoms with Gasteiger partial charge in [-0.05, 0) is 32.0 Å². The van der Waals surface area contributed by atoms with E-state index in [-0.39, 0.29) is 18.2 Å². The molecule has 90 valence electrons. The fraction of sp³-hybridized carbons (Fsp3) is 0.333. The third-order valence-electron chi connectivity index (χ3n) is 2.29. The molecule has 0 heterocycles. The number of halogens is 2. The van der Waals surface area contributed by atoms with Crippen molar-refractivity contribution in [2.75, 3.05) is 6.54 Å². The zero-order valence-corrected chi connectivity index (χ0v) is 11.2. The van der Waals surface area contributed by atoms with E-state index >= 15 is 0 Å². The van der Waals surface area contributed by atoms with Crippen molar-refractivity contribution in [3.05, 3.63) is 34.1 Å². The lowest BCUT2D eigenvalue weighted by atomic mass is 10.1. The average Bonchev–Trinajstić information content (AvgIpc) is 2.24. The quantitative estimate of drug-likeness (QED) is 0.805. The maximum Gasteiger partial charge on any atom is 0.257 e. The molecule has 0 aliphatic rings. The van der Waals surface area contributed by atoms with Crippen LogP contribution in [0.5, 0.6) is 0 Å². The fourth-order valence-electron chi connectivity index (χ4n) is 1.38. The second-order valence-corrected chi connectivity index (χ2v) is 4.72. The fourth-order valence-corrected chi connectivity index (χ4v) is 1.72. The Morgan fingerprint density at radius 3 is 2.71 bits per heavy atom. The highest BCUT2D eigenvalue weighted by Gasteiger charge is 2.21. The number of nitrogens with zero attached hydrogens (tertiary/aromatic N) is 2. The topological polar surface area (TPSA) is 44.1 Å². The number of hydrogen-bond acceptors (Lipinski definition) is 2. The summed E-state index contributed by atoms with van der Waals surface area (Å²) in [6, 6.07) is 6.00. The second kappa shape index (κ2) is 5.78. The molecular formula is C12H12BrFN2O. The van der Waals surface area contributed by atoms with Crippen molar-refractivity contribution < 1.29 is 9.18 Å². The van der Waals surface area contributed by atoms with Crippen LogP contribution >= 0.6 is 15.9 Å². The van der Waals surface area contributed by atoms with Crippen molar-refractivity contribution in [2.45, 2.75) is 19.9 Å². The van der Waals surface area contributed by atoms with Crippen LogP contribution in [0.3, 0.4) is 0 Å². The summed E-state index contributed by atoms with van der Waals surface area (Å²) in [6.07, 6.45) is 0. The molecule has 1 aromatic carbocycles. The number of hydrogen-bond donors (Lipinski definition) is 0. The van der Waals surface area contributed by atoms with E-state index in [2.05, 4.69) is 15.9 Å². The van der Waals surface area contributed by atoms with Crippen LogP contribution in [0.25, 0.3) is 0 Å². The van der Waals surface area contributed by atoms with E-state index in [1.165, 1.54) is 17.0 Å². The van der Waals surface area contributed by atoms with Gasteiger partial charge in [0.25, 0.3) is 5.91 Å². The standard InChI is InChI=1S/C12H12BrFN2O/c1-8(2)16(6-5-15)12(17)10-4-3-9(13)7-11(10)14/h3-4,7-8H,6H2,1-2H3. The van der Waals surface area contributed by atoms with Gasteiger partial charge in [-0.1, -0.05) is 15.9 Å². The van der Waals surface area contributed by atoms with Crippen molar-refractivity contribution in [2.24, 2.45) is 0 Å². The largest absolute Gasteiger partial charge is 0.323 e. The molecule has 0 saturated heterocycles. The molecule has 0 aromatic heterocycles. The van der Waals surface area contributed by atoms with Crippen LogP contribution < -0.4 is 0 Å². The summed E-state index contributed by atoms with van der Waals surface area (Å²) in [6.45, 7) is 3.52. The van der Waals surface area contributed by atoms with Crippen molar-refractivity contribution in [3.63, 3.8) is 0 Å². The van der Waals surface area contributed by atoms with E-state index in [0.717, 1.165) is 0 Å². The van der Waals surface area contributed by atoms with Gasteiger partial charge in [-0.25, -0.2) is 4.39 Å². The van der Waals surface area contributed by atoms with Gasteiger partial charge >= 0.3 is 0 Å². The van der Waals surface area contributed by atoms with Gasteiger partial charge in [-0.15, -0.1) is 0 Å². The van der Waals surface area contributed by atoms with E-state index in [0.29, 0.717) is 4.47 Å². The van der Waals surface area contributed by atoms with E-state index in [1.54, 1.807) is 19.9 Å². The molecule has 1 aromatic rings. The minimum Gasteiger partial charge on any atom is -0.323 e. The van der Waals surface area contributed by atoms with Crippen LogP contribution in [-0.2, 0) is 0 Å². The van der Waals surface area contributed by atoms with E-state index in [9.17, 15) is 9.18 Å². The molecule has 17 heavy (non-hydrogen) atoms. The van der Waals surface area contributed by atoms with Gasteiger partial charge in [0.2, 0.25) is 0 Å². The van der Waals surface area contributed by atoms with Crippen LogP contribution in [0.1, 0.15) is 24.2 Å². The molecule has 0 spiro atoms. The zero-order valence-electron chi connectivity index (χ0n) is 9.58. The SMILES string of the molecule is CC(C)N(CC#N)C(=O)c1ccc(Br)cc1F. The van der Waals surface area contributed by atoms with Gasteiger partial charge in [0.05, 0.1) is 11.6 Å². The van der Waals surface area contributed by atoms with Crippen molar-refractivity contribution in [1.29, 1.82) is 5.26 Å². The number of rotatable bonds is 3. The molecule has 3 nitrogen and oxygen atoms in total. The lowest BCUT2D eigenvalue weighted by molar-refractivity contribution is 0.0726. The normalized spacial score (nSPS) is 10.1. The average molecular weight is 299 g/mol. The van der Waals surface area contributed by atoms with Gasteiger partial charge in [0.1, 0.15) is 12.4 Å². The summed E-state index contributed by atoms with van der Waals surface area (Å²) in [5.41, 5.74) is -0.0165. The van der Waals surface area contributed by atoms with E-state index in [1.807, 2.05) is 6.07 Å². The Bertz CT molecular complexity index is 468. The Morgan fingerprint density at radius 1 is 1.59 bits per heavy atom. The summed E-state index contributed by atoms with van der Waals surface area (Å²) >= 11 is 3.12. The second-order valence-electron chi connectivity index (χ2n) is 3.81. The number of carbonyl (C=O) groups excluding carboxylic acids is 1. The van der Waals surface area contributed by atoms with Gasteiger partial charge < -0.3 is 4.90 Å². The number of amides is 1. The third kappa shape index (κ3) is 3.27. The molecule has 5 heteroatoms. The molecule has 1 amide bonds. The summed E-state index contributed by atoms with van der Waals surface area (Å²) in [7, 11) is 0. The van der Waals surface area contributed by atoms with Crippen LogP contribution in [-0.4, -0.2) is 23.4 Å². The maximum absolute atomic E-state index is 13.6. The smallest absolute Gasteiger partial charge is 0.257 e. The first-order valence-corrected chi connectivity index (χ1v) is 5.89. The summed E-state index contributed by atoms with van der Waals surface area (Å²) in [4.78, 5) is 13.4. The summed E-state index contributed by atoms with van der Waals surface area (Å²) in [5.74, 6) is -1.06. The van der Waals surface area contributed by atoms with Gasteiger partial charge in [-0.3, -0.25) is 4.79 Å². The molecule has 0 atom stereocenters. The molecular weight excluding hydrogens is 287 g/mol. The van der Waals surface area contributed by atoms with Gasteiger partial charge in [0.15, 0.2) is 0 Å². The third-order valence-corrected chi connectivity index (χ3v) is 2.78. The molecule has 1 rings (SSSR count). The maximum atomic E-state index is 13.6. The number of carbonyl (C=O) groups is 1. The summed E-state index contributed by atoms with van der Waals surface area (Å²) in [5, 5.41) is 8.65. The van der Waals surface area contributed by atoms with Gasteiger partial charge in [0, 0.05) is 10.5 Å². The minimum absolute atomic E-state index is 0.0165. The number of nitriles is 1. The molecule has 0 radical (unpaired) electrons. The van der Waals surface area contributed by atoms with Crippen LogP contribution in [0.4, 0.5) is 4.39 Å². The van der Waals surface area contributed by atoms with Crippen molar-refractivity contribution >= 4 is 21.8 Å². The first-order chi connectivity index (χ1) is 7.97. The summed E-state index contributed by atoms with van der Waals surface area (Å²) < 4.78 is 14.2. The molecule has 0 N–H and O–H groups in total. The Hall–Kier alpha value is -1.41. The predicted molar refractivity (Wildman–Crippen MR) is 65.9 cm³/mol. The Kier molecular flexibility index (Phi) is 4.64. The molecule has 0 aliphatic heterocycles. The highest BCUT2D eigenvalue weighted by atomic mass is 79.9. The lowest BCUT2D eigenvalue weighted by Gasteiger charge is -2.24. The minimum atomic E-state index is -0.590. The molecule has 0 fully saturated rings. The zero-order chi connectivity index (χ0) is 13.0. The number of benzene rings is 1. The van der Waals surface area contributed by atoms with Crippen LogP contribution in [0.2, 0.25) is 0 Å². The molecule has 0 aliphatic carbocycles. The van der Waals surface area contributed by atoms with E-state index in [4.69, 9.17) is 5.26 Å². The van der Waals surface area contributed by atoms with Gasteiger partial charge in [-0.2, -0.15) is 5.26 Å². The molecule has 0 bridgehead atoms. The Labute approximate surface area is 108 Å². The monoisotopic (exact) mass is 298 g/mol. The Balaban J connectivity index is 3.06. The lowest BCUT2D eigenvalue weighted by Crippen LogP contribution is -2.37. The molecule has 0 unspecified atom stereocenters. The van der Waals surface area contributed by atoms with E-state index < -0.39 is 11.7 Å². The highest BCUT2D eigenvalue weighted by Crippen LogP contribution is 2.17. The first kappa shape index (κ1) is 13.7. The Morgan fingerprint density at radius 2 is 2.24 bits per heavy atom. The van der Waals surface area contributed by atoms with Crippen LogP contribution in [0, 0.1) is 17.1 Å². The van der Waals surface area contributed by atoms with Crippen LogP contribution in [0.15, 0.2) is 22.7 Å². The highest BCUT2D eigenvalue weighted by molar-refractivity contribution is 9.10. The van der Waals surface area contributed by atoms with Crippen molar-refractivity contribution in [3.8, 4) is 6.07 Å². The predicted octanol–water partition coefficient (Wildman–Crippen LogP) is 2.96. The van der Waals surface area contributed by atoms with Crippen molar-refractivity contribution in [1.82, 2.24) is 4.90 Å².